The molecule has 1 aromatic carbocycles. The molecule has 0 unspecified atom stereocenters. The van der Waals surface area contributed by atoms with Gasteiger partial charge in [-0.1, -0.05) is 12.1 Å². The lowest BCUT2D eigenvalue weighted by molar-refractivity contribution is 0.583. The Morgan fingerprint density at radius 2 is 2.25 bits per heavy atom. The van der Waals surface area contributed by atoms with E-state index in [1.54, 1.807) is 16.9 Å². The molecule has 0 bridgehead atoms. The molecule has 5 heteroatoms. The van der Waals surface area contributed by atoms with Crippen LogP contribution in [0, 0.1) is 5.82 Å². The van der Waals surface area contributed by atoms with Gasteiger partial charge in [-0.05, 0) is 24.6 Å². The Balaban J connectivity index is 2.49. The number of aromatic nitrogens is 3. The van der Waals surface area contributed by atoms with Crippen LogP contribution in [0.15, 0.2) is 24.4 Å². The van der Waals surface area contributed by atoms with Crippen LogP contribution < -0.4 is 5.73 Å². The maximum absolute atomic E-state index is 13.2. The third kappa shape index (κ3) is 1.88. The second kappa shape index (κ2) is 4.30. The maximum Gasteiger partial charge on any atom is 0.124 e. The van der Waals surface area contributed by atoms with Gasteiger partial charge in [-0.3, -0.25) is 0 Å². The standard InChI is InChI=1S/C11H13FN4/c1-2-5-16-11(7-14-15-16)9-6-8(12)3-4-10(9)13/h3-4,6-7H,2,5,13H2,1H3. The molecule has 0 aliphatic carbocycles. The highest BCUT2D eigenvalue weighted by atomic mass is 19.1. The Labute approximate surface area is 92.9 Å². The molecule has 4 nitrogen and oxygen atoms in total. The van der Waals surface area contributed by atoms with Crippen LogP contribution in [0.1, 0.15) is 13.3 Å². The zero-order valence-corrected chi connectivity index (χ0v) is 9.02. The highest BCUT2D eigenvalue weighted by Gasteiger charge is 2.10. The minimum Gasteiger partial charge on any atom is -0.398 e. The molecule has 2 rings (SSSR count). The molecule has 0 atom stereocenters. The van der Waals surface area contributed by atoms with E-state index in [0.29, 0.717) is 11.3 Å². The van der Waals surface area contributed by atoms with Crippen LogP contribution in [0.4, 0.5) is 10.1 Å². The predicted molar refractivity (Wildman–Crippen MR) is 60.1 cm³/mol. The molecule has 0 saturated heterocycles. The minimum absolute atomic E-state index is 0.312. The quantitative estimate of drug-likeness (QED) is 0.805. The second-order valence-corrected chi connectivity index (χ2v) is 3.57. The Morgan fingerprint density at radius 3 is 3.00 bits per heavy atom. The molecule has 1 heterocycles. The summed E-state index contributed by atoms with van der Waals surface area (Å²) in [7, 11) is 0. The fourth-order valence-electron chi connectivity index (χ4n) is 1.59. The normalized spacial score (nSPS) is 10.6. The van der Waals surface area contributed by atoms with Crippen molar-refractivity contribution in [2.24, 2.45) is 0 Å². The molecular formula is C11H13FN4. The number of benzene rings is 1. The molecule has 0 amide bonds. The van der Waals surface area contributed by atoms with E-state index in [0.717, 1.165) is 18.7 Å². The fraction of sp³-hybridized carbons (Fsp3) is 0.273. The number of nitrogens with two attached hydrogens (primary N) is 1. The Kier molecular flexibility index (Phi) is 2.85. The molecule has 2 N–H and O–H groups in total. The van der Waals surface area contributed by atoms with E-state index in [2.05, 4.69) is 10.3 Å². The zero-order valence-electron chi connectivity index (χ0n) is 9.02. The van der Waals surface area contributed by atoms with Gasteiger partial charge in [-0.25, -0.2) is 9.07 Å². The number of hydrogen-bond acceptors (Lipinski definition) is 3. The van der Waals surface area contributed by atoms with Crippen molar-refractivity contribution in [1.29, 1.82) is 0 Å². The minimum atomic E-state index is -0.312. The molecule has 0 spiro atoms. The van der Waals surface area contributed by atoms with Gasteiger partial charge in [0.25, 0.3) is 0 Å². The lowest BCUT2D eigenvalue weighted by atomic mass is 10.1. The molecule has 84 valence electrons. The lowest BCUT2D eigenvalue weighted by Gasteiger charge is -2.07. The van der Waals surface area contributed by atoms with Gasteiger partial charge in [0, 0.05) is 17.8 Å². The smallest absolute Gasteiger partial charge is 0.124 e. The molecule has 2 aromatic rings. The van der Waals surface area contributed by atoms with E-state index < -0.39 is 0 Å². The second-order valence-electron chi connectivity index (χ2n) is 3.57. The molecule has 0 radical (unpaired) electrons. The van der Waals surface area contributed by atoms with Crippen molar-refractivity contribution in [2.45, 2.75) is 19.9 Å². The number of nitrogens with zero attached hydrogens (tertiary/aromatic N) is 3. The third-order valence-electron chi connectivity index (χ3n) is 2.34. The summed E-state index contributed by atoms with van der Waals surface area (Å²) in [4.78, 5) is 0. The van der Waals surface area contributed by atoms with Crippen molar-refractivity contribution in [3.63, 3.8) is 0 Å². The van der Waals surface area contributed by atoms with Crippen molar-refractivity contribution >= 4 is 5.69 Å². The molecule has 1 aromatic heterocycles. The summed E-state index contributed by atoms with van der Waals surface area (Å²) in [5.74, 6) is -0.312. The molecule has 0 fully saturated rings. The van der Waals surface area contributed by atoms with Crippen molar-refractivity contribution in [3.05, 3.63) is 30.2 Å². The van der Waals surface area contributed by atoms with E-state index in [9.17, 15) is 4.39 Å². The summed E-state index contributed by atoms with van der Waals surface area (Å²) in [6.07, 6.45) is 2.53. The van der Waals surface area contributed by atoms with Gasteiger partial charge < -0.3 is 5.73 Å². The Hall–Kier alpha value is -1.91. The summed E-state index contributed by atoms with van der Waals surface area (Å²) in [6.45, 7) is 2.78. The van der Waals surface area contributed by atoms with Crippen molar-refractivity contribution in [2.75, 3.05) is 5.73 Å². The highest BCUT2D eigenvalue weighted by Crippen LogP contribution is 2.25. The summed E-state index contributed by atoms with van der Waals surface area (Å²) in [5.41, 5.74) is 7.73. The molecule has 0 aliphatic heterocycles. The van der Waals surface area contributed by atoms with Gasteiger partial charge in [0.15, 0.2) is 0 Å². The van der Waals surface area contributed by atoms with Gasteiger partial charge in [0.05, 0.1) is 11.9 Å². The van der Waals surface area contributed by atoms with E-state index in [1.165, 1.54) is 12.1 Å². The van der Waals surface area contributed by atoms with Crippen LogP contribution >= 0.6 is 0 Å². The summed E-state index contributed by atoms with van der Waals surface area (Å²) < 4.78 is 14.9. The molecule has 0 saturated carbocycles. The maximum atomic E-state index is 13.2. The van der Waals surface area contributed by atoms with Crippen molar-refractivity contribution in [3.8, 4) is 11.3 Å². The van der Waals surface area contributed by atoms with Gasteiger partial charge >= 0.3 is 0 Å². The van der Waals surface area contributed by atoms with Crippen LogP contribution in [-0.4, -0.2) is 15.0 Å². The van der Waals surface area contributed by atoms with Crippen molar-refractivity contribution in [1.82, 2.24) is 15.0 Å². The predicted octanol–water partition coefficient (Wildman–Crippen LogP) is 2.08. The van der Waals surface area contributed by atoms with Crippen LogP contribution in [0.2, 0.25) is 0 Å². The number of anilines is 1. The first-order chi connectivity index (χ1) is 7.72. The van der Waals surface area contributed by atoms with Crippen LogP contribution in [0.25, 0.3) is 11.3 Å². The molecule has 0 aliphatic rings. The van der Waals surface area contributed by atoms with Gasteiger partial charge in [0.1, 0.15) is 5.82 Å². The average molecular weight is 220 g/mol. The van der Waals surface area contributed by atoms with Crippen LogP contribution in [-0.2, 0) is 6.54 Å². The first kappa shape index (κ1) is 10.6. The molecular weight excluding hydrogens is 207 g/mol. The van der Waals surface area contributed by atoms with Gasteiger partial charge in [0.2, 0.25) is 0 Å². The summed E-state index contributed by atoms with van der Waals surface area (Å²) in [6, 6.07) is 4.29. The molecule has 16 heavy (non-hydrogen) atoms. The number of halogens is 1. The highest BCUT2D eigenvalue weighted by molar-refractivity contribution is 5.73. The fourth-order valence-corrected chi connectivity index (χ4v) is 1.59. The largest absolute Gasteiger partial charge is 0.398 e. The topological polar surface area (TPSA) is 56.7 Å². The van der Waals surface area contributed by atoms with E-state index in [4.69, 9.17) is 5.73 Å². The third-order valence-corrected chi connectivity index (χ3v) is 2.34. The Morgan fingerprint density at radius 1 is 1.44 bits per heavy atom. The van der Waals surface area contributed by atoms with E-state index in [1.807, 2.05) is 6.92 Å². The van der Waals surface area contributed by atoms with Crippen molar-refractivity contribution < 1.29 is 4.39 Å². The summed E-state index contributed by atoms with van der Waals surface area (Å²) >= 11 is 0. The van der Waals surface area contributed by atoms with Gasteiger partial charge in [-0.15, -0.1) is 5.10 Å². The van der Waals surface area contributed by atoms with E-state index in [-0.39, 0.29) is 5.82 Å². The first-order valence-corrected chi connectivity index (χ1v) is 5.16. The number of hydrogen-bond donors (Lipinski definition) is 1. The van der Waals surface area contributed by atoms with Crippen LogP contribution in [0.5, 0.6) is 0 Å². The monoisotopic (exact) mass is 220 g/mol. The SMILES string of the molecule is CCCn1nncc1-c1cc(F)ccc1N. The number of rotatable bonds is 3. The summed E-state index contributed by atoms with van der Waals surface area (Å²) in [5, 5.41) is 7.76. The number of nitrogen functional groups attached to an aromatic ring is 1. The lowest BCUT2D eigenvalue weighted by Crippen LogP contribution is -2.03. The van der Waals surface area contributed by atoms with Gasteiger partial charge in [-0.2, -0.15) is 0 Å². The average Bonchev–Trinajstić information content (AvgIpc) is 2.70. The number of aryl methyl sites for hydroxylation is 1. The first-order valence-electron chi connectivity index (χ1n) is 5.16. The van der Waals surface area contributed by atoms with E-state index >= 15 is 0 Å². The Bertz CT molecular complexity index is 492. The zero-order chi connectivity index (χ0) is 11.5. The van der Waals surface area contributed by atoms with Crippen LogP contribution in [0.3, 0.4) is 0 Å².